The number of hydrogen-bond donors (Lipinski definition) is 0. The van der Waals surface area contributed by atoms with Crippen LogP contribution in [-0.4, -0.2) is 0 Å². The minimum Gasteiger partial charge on any atom is -1.00 e. The van der Waals surface area contributed by atoms with Crippen molar-refractivity contribution in [2.45, 2.75) is 33.1 Å². The van der Waals surface area contributed by atoms with Gasteiger partial charge < -0.3 is 24.8 Å². The Morgan fingerprint density at radius 1 is 1.42 bits per heavy atom. The summed E-state index contributed by atoms with van der Waals surface area (Å²) in [5, 5.41) is 0. The molecular weight excluding hydrogens is 270 g/mol. The quantitative estimate of drug-likeness (QED) is 0.470. The smallest absolute Gasteiger partial charge is 1.00 e. The molecule has 0 heterocycles. The topological polar surface area (TPSA) is 0 Å². The van der Waals surface area contributed by atoms with Gasteiger partial charge in [0.2, 0.25) is 0 Å². The summed E-state index contributed by atoms with van der Waals surface area (Å²) >= 11 is 0. The van der Waals surface area contributed by atoms with Crippen molar-refractivity contribution in [3.8, 4) is 0 Å². The first-order valence-electron chi connectivity index (χ1n) is 3.61. The average molecular weight is 283 g/mol. The monoisotopic (exact) mass is 281 g/mol. The maximum atomic E-state index is 3.28. The molecule has 1 aliphatic rings. The third kappa shape index (κ3) is 5.57. The molecule has 0 N–H and O–H groups in total. The van der Waals surface area contributed by atoms with Gasteiger partial charge in [-0.3, -0.25) is 6.08 Å². The van der Waals surface area contributed by atoms with Gasteiger partial charge in [0.1, 0.15) is 0 Å². The molecule has 0 amide bonds. The van der Waals surface area contributed by atoms with E-state index >= 15 is 0 Å². The fourth-order valence-electron chi connectivity index (χ4n) is 1.15. The van der Waals surface area contributed by atoms with Gasteiger partial charge >= 0.3 is 26.2 Å². The van der Waals surface area contributed by atoms with E-state index in [4.69, 9.17) is 0 Å². The third-order valence-electron chi connectivity index (χ3n) is 1.72. The van der Waals surface area contributed by atoms with Crippen LogP contribution in [0.4, 0.5) is 0 Å². The van der Waals surface area contributed by atoms with Crippen molar-refractivity contribution < 1.29 is 51.0 Å². The van der Waals surface area contributed by atoms with Gasteiger partial charge in [0.25, 0.3) is 0 Å². The van der Waals surface area contributed by atoms with Crippen molar-refractivity contribution in [1.82, 2.24) is 0 Å². The summed E-state index contributed by atoms with van der Waals surface area (Å²) in [7, 11) is 0. The first-order chi connectivity index (χ1) is 4.34. The van der Waals surface area contributed by atoms with Gasteiger partial charge in [0, 0.05) is 0 Å². The zero-order chi connectivity index (χ0) is 6.69. The number of allylic oxidation sites excluding steroid dienone is 4. The van der Waals surface area contributed by atoms with Crippen molar-refractivity contribution in [3.05, 3.63) is 23.3 Å². The number of hydrogen-bond acceptors (Lipinski definition) is 0. The standard InChI is InChI=1S/C9H13.2ClH.Zr/c1-3-5-9-7-4-6-8(9)2;;;/h7H,3-5H2,1-2H3;2*1H;/q-1;;;+3/p-2. The van der Waals surface area contributed by atoms with Crippen LogP contribution in [0.25, 0.3) is 0 Å². The second-order valence-corrected chi connectivity index (χ2v) is 2.49. The minimum atomic E-state index is 0. The van der Waals surface area contributed by atoms with Crippen molar-refractivity contribution >= 4 is 0 Å². The zero-order valence-corrected chi connectivity index (χ0v) is 11.4. The molecule has 0 bridgehead atoms. The normalized spacial score (nSPS) is 13.2. The molecule has 1 aliphatic carbocycles. The molecule has 0 spiro atoms. The van der Waals surface area contributed by atoms with Crippen LogP contribution in [-0.2, 0) is 26.2 Å². The summed E-state index contributed by atoms with van der Waals surface area (Å²) in [5.41, 5.74) is 2.88. The molecule has 0 saturated carbocycles. The molecule has 0 aromatic carbocycles. The summed E-state index contributed by atoms with van der Waals surface area (Å²) in [6.45, 7) is 4.36. The number of rotatable bonds is 2. The van der Waals surface area contributed by atoms with Crippen LogP contribution in [0.1, 0.15) is 33.1 Å². The van der Waals surface area contributed by atoms with Crippen LogP contribution in [0.5, 0.6) is 0 Å². The van der Waals surface area contributed by atoms with Crippen molar-refractivity contribution in [3.63, 3.8) is 0 Å². The zero-order valence-electron chi connectivity index (χ0n) is 7.45. The van der Waals surface area contributed by atoms with Gasteiger partial charge in [-0.05, 0) is 0 Å². The Kier molecular flexibility index (Phi) is 15.6. The van der Waals surface area contributed by atoms with Crippen LogP contribution in [0.3, 0.4) is 0 Å². The SMILES string of the molecule is CCCC1=CC[C-]=C1C.[Cl-].[Cl-].[Zr+3]. The summed E-state index contributed by atoms with van der Waals surface area (Å²) in [4.78, 5) is 0. The first-order valence-corrected chi connectivity index (χ1v) is 3.61. The second kappa shape index (κ2) is 10.0. The van der Waals surface area contributed by atoms with Gasteiger partial charge in [-0.15, -0.1) is 6.42 Å². The van der Waals surface area contributed by atoms with E-state index in [1.807, 2.05) is 0 Å². The maximum Gasteiger partial charge on any atom is 3.00 e. The summed E-state index contributed by atoms with van der Waals surface area (Å²) in [5.74, 6) is 0. The molecular formula is C9H13Cl2Zr. The molecule has 0 aromatic rings. The molecule has 1 radical (unpaired) electrons. The van der Waals surface area contributed by atoms with Crippen molar-refractivity contribution in [2.24, 2.45) is 0 Å². The Morgan fingerprint density at radius 2 is 2.00 bits per heavy atom. The second-order valence-electron chi connectivity index (χ2n) is 2.49. The Labute approximate surface area is 107 Å². The van der Waals surface area contributed by atoms with Crippen LogP contribution >= 0.6 is 0 Å². The molecule has 0 saturated heterocycles. The fourth-order valence-corrected chi connectivity index (χ4v) is 1.15. The van der Waals surface area contributed by atoms with Gasteiger partial charge in [-0.2, -0.15) is 11.6 Å². The minimum absolute atomic E-state index is 0. The van der Waals surface area contributed by atoms with Crippen LogP contribution in [0, 0.1) is 6.08 Å². The molecule has 0 aliphatic heterocycles. The predicted molar refractivity (Wildman–Crippen MR) is 40.0 cm³/mol. The Balaban J connectivity index is -0.000000270. The Morgan fingerprint density at radius 3 is 2.33 bits per heavy atom. The van der Waals surface area contributed by atoms with E-state index in [0.29, 0.717) is 0 Å². The fraction of sp³-hybridized carbons (Fsp3) is 0.556. The van der Waals surface area contributed by atoms with E-state index in [-0.39, 0.29) is 51.0 Å². The molecule has 1 rings (SSSR count). The molecule has 67 valence electrons. The maximum absolute atomic E-state index is 3.28. The number of halogens is 2. The van der Waals surface area contributed by atoms with E-state index in [9.17, 15) is 0 Å². The van der Waals surface area contributed by atoms with E-state index < -0.39 is 0 Å². The van der Waals surface area contributed by atoms with Crippen molar-refractivity contribution in [2.75, 3.05) is 0 Å². The molecule has 0 atom stereocenters. The summed E-state index contributed by atoms with van der Waals surface area (Å²) < 4.78 is 0. The van der Waals surface area contributed by atoms with Crippen LogP contribution in [0.2, 0.25) is 0 Å². The first kappa shape index (κ1) is 18.7. The molecule has 0 nitrogen and oxygen atoms in total. The van der Waals surface area contributed by atoms with Crippen molar-refractivity contribution in [1.29, 1.82) is 0 Å². The van der Waals surface area contributed by atoms with Crippen LogP contribution < -0.4 is 24.8 Å². The third-order valence-corrected chi connectivity index (χ3v) is 1.72. The van der Waals surface area contributed by atoms with Crippen LogP contribution in [0.15, 0.2) is 17.2 Å². The summed E-state index contributed by atoms with van der Waals surface area (Å²) in [6, 6.07) is 0. The van der Waals surface area contributed by atoms with E-state index in [1.54, 1.807) is 0 Å². The Hall–Kier alpha value is 0.943. The van der Waals surface area contributed by atoms with E-state index in [0.717, 1.165) is 6.42 Å². The molecule has 3 heteroatoms. The van der Waals surface area contributed by atoms with Gasteiger partial charge in [-0.25, -0.2) is 5.57 Å². The van der Waals surface area contributed by atoms with Gasteiger partial charge in [0.05, 0.1) is 0 Å². The average Bonchev–Trinajstić information content (AvgIpc) is 2.18. The predicted octanol–water partition coefficient (Wildman–Crippen LogP) is -3.13. The van der Waals surface area contributed by atoms with Gasteiger partial charge in [-0.1, -0.05) is 26.7 Å². The largest absolute Gasteiger partial charge is 3.00 e. The van der Waals surface area contributed by atoms with E-state index in [1.165, 1.54) is 24.0 Å². The summed E-state index contributed by atoms with van der Waals surface area (Å²) in [6.07, 6.45) is 9.09. The molecule has 12 heavy (non-hydrogen) atoms. The molecule has 0 fully saturated rings. The van der Waals surface area contributed by atoms with E-state index in [2.05, 4.69) is 26.0 Å². The Bertz CT molecular complexity index is 162. The molecule has 0 unspecified atom stereocenters. The van der Waals surface area contributed by atoms with Gasteiger partial charge in [0.15, 0.2) is 0 Å². The molecule has 0 aromatic heterocycles.